The van der Waals surface area contributed by atoms with E-state index in [1.54, 1.807) is 0 Å². The van der Waals surface area contributed by atoms with Crippen LogP contribution in [-0.2, 0) is 28.8 Å². The normalized spacial score (nSPS) is 15.1. The number of hydroxylamine groups is 2. The molecule has 1 heterocycles. The van der Waals surface area contributed by atoms with Gasteiger partial charge >= 0.3 is 5.97 Å². The minimum Gasteiger partial charge on any atom is -0.377 e. The highest BCUT2D eigenvalue weighted by molar-refractivity contribution is 6.01. The zero-order chi connectivity index (χ0) is 13.5. The Hall–Kier alpha value is -1.76. The van der Waals surface area contributed by atoms with E-state index in [0.29, 0.717) is 11.5 Å². The molecular weight excluding hydrogens is 242 g/mol. The number of hydrogen-bond acceptors (Lipinski definition) is 6. The molecule has 18 heavy (non-hydrogen) atoms. The maximum Gasteiger partial charge on any atom is 0.333 e. The number of carbonyl (C=O) groups is 4. The van der Waals surface area contributed by atoms with Gasteiger partial charge in [-0.1, -0.05) is 0 Å². The molecule has 0 spiro atoms. The molecule has 1 aliphatic heterocycles. The number of hydrogen-bond donors (Lipinski definition) is 0. The highest BCUT2D eigenvalue weighted by Crippen LogP contribution is 2.13. The Bertz CT molecular complexity index is 349. The Morgan fingerprint density at radius 3 is 2.33 bits per heavy atom. The summed E-state index contributed by atoms with van der Waals surface area (Å²) in [4.78, 5) is 49.3. The zero-order valence-electron chi connectivity index (χ0n) is 10.1. The smallest absolute Gasteiger partial charge is 0.333 e. The maximum absolute atomic E-state index is 11.3. The largest absolute Gasteiger partial charge is 0.377 e. The van der Waals surface area contributed by atoms with Crippen molar-refractivity contribution in [2.75, 3.05) is 13.7 Å². The molecule has 7 nitrogen and oxygen atoms in total. The lowest BCUT2D eigenvalue weighted by molar-refractivity contribution is -0.197. The highest BCUT2D eigenvalue weighted by Gasteiger charge is 2.32. The molecule has 1 rings (SSSR count). The molecule has 0 N–H and O–H groups in total. The summed E-state index contributed by atoms with van der Waals surface area (Å²) in [6.07, 6.45) is 0.617. The van der Waals surface area contributed by atoms with Crippen molar-refractivity contribution in [3.05, 3.63) is 0 Å². The molecule has 0 atom stereocenters. The van der Waals surface area contributed by atoms with E-state index >= 15 is 0 Å². The number of rotatable bonds is 7. The first kappa shape index (κ1) is 14.3. The van der Waals surface area contributed by atoms with Crippen molar-refractivity contribution in [2.24, 2.45) is 0 Å². The van der Waals surface area contributed by atoms with Gasteiger partial charge in [-0.3, -0.25) is 14.4 Å². The number of carbonyl (C=O) groups excluding carboxylic acids is 4. The van der Waals surface area contributed by atoms with Crippen molar-refractivity contribution >= 4 is 23.6 Å². The van der Waals surface area contributed by atoms with Crippen LogP contribution in [0.25, 0.3) is 0 Å². The monoisotopic (exact) mass is 257 g/mol. The molecule has 0 aromatic rings. The Kier molecular flexibility index (Phi) is 5.44. The molecular formula is C11H15NO6. The number of imide groups is 1. The lowest BCUT2D eigenvalue weighted by atomic mass is 10.2. The van der Waals surface area contributed by atoms with Crippen molar-refractivity contribution in [1.29, 1.82) is 0 Å². The fraction of sp³-hybridized carbons (Fsp3) is 0.636. The Labute approximate surface area is 104 Å². The Balaban J connectivity index is 2.23. The first-order chi connectivity index (χ1) is 8.54. The molecule has 0 aromatic heterocycles. The first-order valence-electron chi connectivity index (χ1n) is 5.62. The lowest BCUT2D eigenvalue weighted by Gasteiger charge is -2.12. The van der Waals surface area contributed by atoms with Gasteiger partial charge in [-0.05, 0) is 6.42 Å². The number of methoxy groups -OCH3 is 1. The average molecular weight is 257 g/mol. The molecule has 1 fully saturated rings. The second kappa shape index (κ2) is 6.85. The van der Waals surface area contributed by atoms with E-state index in [0.717, 1.165) is 0 Å². The topological polar surface area (TPSA) is 90.0 Å². The third-order valence-corrected chi connectivity index (χ3v) is 2.34. The molecule has 7 heteroatoms. The third kappa shape index (κ3) is 4.25. The predicted molar refractivity (Wildman–Crippen MR) is 57.9 cm³/mol. The van der Waals surface area contributed by atoms with Crippen LogP contribution in [0.5, 0.6) is 0 Å². The van der Waals surface area contributed by atoms with E-state index in [1.807, 2.05) is 0 Å². The van der Waals surface area contributed by atoms with Gasteiger partial charge in [0, 0.05) is 32.8 Å². The average Bonchev–Trinajstić information content (AvgIpc) is 2.61. The van der Waals surface area contributed by atoms with Crippen LogP contribution in [0.4, 0.5) is 0 Å². The van der Waals surface area contributed by atoms with Gasteiger partial charge < -0.3 is 9.57 Å². The van der Waals surface area contributed by atoms with E-state index < -0.39 is 17.8 Å². The van der Waals surface area contributed by atoms with Crippen LogP contribution in [0.2, 0.25) is 0 Å². The molecule has 1 saturated heterocycles. The molecule has 0 aliphatic carbocycles. The number of amides is 2. The van der Waals surface area contributed by atoms with Gasteiger partial charge in [-0.25, -0.2) is 4.79 Å². The molecule has 0 aromatic carbocycles. The van der Waals surface area contributed by atoms with Crippen molar-refractivity contribution < 1.29 is 28.8 Å². The van der Waals surface area contributed by atoms with Gasteiger partial charge in [0.25, 0.3) is 11.8 Å². The molecule has 0 unspecified atom stereocenters. The van der Waals surface area contributed by atoms with Crippen LogP contribution in [0.15, 0.2) is 0 Å². The van der Waals surface area contributed by atoms with E-state index in [9.17, 15) is 19.2 Å². The number of ketones is 1. The number of ether oxygens (including phenoxy) is 1. The van der Waals surface area contributed by atoms with E-state index in [2.05, 4.69) is 9.57 Å². The molecule has 0 radical (unpaired) electrons. The summed E-state index contributed by atoms with van der Waals surface area (Å²) in [6.45, 7) is 0.0120. The van der Waals surface area contributed by atoms with Gasteiger partial charge in [0.1, 0.15) is 6.61 Å². The molecule has 100 valence electrons. The second-order valence-corrected chi connectivity index (χ2v) is 3.87. The molecule has 1 aliphatic rings. The van der Waals surface area contributed by atoms with Gasteiger partial charge in [-0.2, -0.15) is 0 Å². The fourth-order valence-electron chi connectivity index (χ4n) is 1.47. The third-order valence-electron chi connectivity index (χ3n) is 2.34. The zero-order valence-corrected chi connectivity index (χ0v) is 10.1. The summed E-state index contributed by atoms with van der Waals surface area (Å²) in [5.41, 5.74) is 0. The quantitative estimate of drug-likeness (QED) is 0.595. The number of Topliss-reactive ketones (excluding diaryl/α,β-unsaturated/α-hetero) is 1. The van der Waals surface area contributed by atoms with Crippen LogP contribution in [0, 0.1) is 0 Å². The van der Waals surface area contributed by atoms with Crippen LogP contribution >= 0.6 is 0 Å². The summed E-state index contributed by atoms with van der Waals surface area (Å²) in [7, 11) is 1.41. The molecule has 2 amide bonds. The highest BCUT2D eigenvalue weighted by atomic mass is 16.7. The van der Waals surface area contributed by atoms with Crippen LogP contribution < -0.4 is 0 Å². The van der Waals surface area contributed by atoms with Crippen LogP contribution in [0.1, 0.15) is 32.1 Å². The predicted octanol–water partition coefficient (Wildman–Crippen LogP) is -0.0206. The van der Waals surface area contributed by atoms with Crippen LogP contribution in [-0.4, -0.2) is 42.3 Å². The number of nitrogens with zero attached hydrogens (tertiary/aromatic N) is 1. The van der Waals surface area contributed by atoms with Crippen LogP contribution in [0.3, 0.4) is 0 Å². The maximum atomic E-state index is 11.3. The summed E-state index contributed by atoms with van der Waals surface area (Å²) < 4.78 is 4.63. The first-order valence-corrected chi connectivity index (χ1v) is 5.62. The molecule has 0 bridgehead atoms. The van der Waals surface area contributed by atoms with Crippen molar-refractivity contribution in [3.8, 4) is 0 Å². The second-order valence-electron chi connectivity index (χ2n) is 3.87. The van der Waals surface area contributed by atoms with Crippen molar-refractivity contribution in [2.45, 2.75) is 32.1 Å². The SMILES string of the molecule is COCC(=O)CCCC(=O)ON1C(=O)CCC1=O. The van der Waals surface area contributed by atoms with E-state index in [1.165, 1.54) is 7.11 Å². The Morgan fingerprint density at radius 2 is 1.78 bits per heavy atom. The summed E-state index contributed by atoms with van der Waals surface area (Å²) in [5.74, 6) is -1.82. The standard InChI is InChI=1S/C11H15NO6/c1-17-7-8(13)3-2-4-11(16)18-12-9(14)5-6-10(12)15/h2-7H2,1H3. The Morgan fingerprint density at radius 1 is 1.17 bits per heavy atom. The minimum absolute atomic E-state index is 0.0120. The molecule has 0 saturated carbocycles. The minimum atomic E-state index is -0.691. The van der Waals surface area contributed by atoms with E-state index in [-0.39, 0.29) is 38.1 Å². The van der Waals surface area contributed by atoms with Gasteiger partial charge in [-0.15, -0.1) is 5.06 Å². The van der Waals surface area contributed by atoms with Gasteiger partial charge in [0.2, 0.25) is 0 Å². The fourth-order valence-corrected chi connectivity index (χ4v) is 1.47. The summed E-state index contributed by atoms with van der Waals surface area (Å²) in [5, 5.41) is 0.499. The van der Waals surface area contributed by atoms with Gasteiger partial charge in [0.15, 0.2) is 5.78 Å². The van der Waals surface area contributed by atoms with Crippen molar-refractivity contribution in [1.82, 2.24) is 5.06 Å². The van der Waals surface area contributed by atoms with E-state index in [4.69, 9.17) is 0 Å². The summed E-state index contributed by atoms with van der Waals surface area (Å²) >= 11 is 0. The van der Waals surface area contributed by atoms with Gasteiger partial charge in [0.05, 0.1) is 0 Å². The lowest BCUT2D eigenvalue weighted by Crippen LogP contribution is -2.32. The summed E-state index contributed by atoms with van der Waals surface area (Å²) in [6, 6.07) is 0. The van der Waals surface area contributed by atoms with Crippen molar-refractivity contribution in [3.63, 3.8) is 0 Å².